The fourth-order valence-electron chi connectivity index (χ4n) is 3.92. The van der Waals surface area contributed by atoms with E-state index in [1.54, 1.807) is 0 Å². The summed E-state index contributed by atoms with van der Waals surface area (Å²) in [7, 11) is 0. The summed E-state index contributed by atoms with van der Waals surface area (Å²) in [4.78, 5) is 11.9. The highest BCUT2D eigenvalue weighted by atomic mass is 16.1. The number of hydrogen-bond donors (Lipinski definition) is 0. The predicted octanol–water partition coefficient (Wildman–Crippen LogP) is 8.01. The third kappa shape index (κ3) is 5.68. The van der Waals surface area contributed by atoms with E-state index in [0.717, 1.165) is 39.4 Å². The van der Waals surface area contributed by atoms with Crippen LogP contribution in [0.5, 0.6) is 0 Å². The van der Waals surface area contributed by atoms with Crippen LogP contribution < -0.4 is 0 Å². The van der Waals surface area contributed by atoms with Crippen molar-refractivity contribution in [3.8, 4) is 23.0 Å². The molecule has 0 amide bonds. The van der Waals surface area contributed by atoms with Gasteiger partial charge in [-0.15, -0.1) is 0 Å². The molecular formula is C32H28O. The van der Waals surface area contributed by atoms with Crippen molar-refractivity contribution in [1.82, 2.24) is 0 Å². The van der Waals surface area contributed by atoms with E-state index in [4.69, 9.17) is 0 Å². The van der Waals surface area contributed by atoms with Crippen molar-refractivity contribution in [3.05, 3.63) is 120 Å². The Labute approximate surface area is 196 Å². The van der Waals surface area contributed by atoms with Gasteiger partial charge < -0.3 is 0 Å². The van der Waals surface area contributed by atoms with Crippen molar-refractivity contribution in [2.24, 2.45) is 0 Å². The summed E-state index contributed by atoms with van der Waals surface area (Å²) in [5.74, 6) is 6.49. The molecular weight excluding hydrogens is 400 g/mol. The Morgan fingerprint density at radius 3 is 2.03 bits per heavy atom. The number of carbonyl (C=O) groups excluding carboxylic acids is 1. The molecule has 0 aliphatic carbocycles. The number of carbonyl (C=O) groups is 1. The maximum absolute atomic E-state index is 11.9. The SMILES string of the molecule is C=CC(=O)c1ccc2cc(-c3ccc(C#Cc4ccc(CCCCC)cc4)cc3)ccc2c1. The Bertz CT molecular complexity index is 1330. The largest absolute Gasteiger partial charge is 0.289 e. The first-order valence-electron chi connectivity index (χ1n) is 11.6. The maximum Gasteiger partial charge on any atom is 0.185 e. The zero-order valence-corrected chi connectivity index (χ0v) is 19.1. The van der Waals surface area contributed by atoms with Gasteiger partial charge in [-0.1, -0.05) is 86.7 Å². The van der Waals surface area contributed by atoms with Crippen LogP contribution in [-0.4, -0.2) is 5.78 Å². The highest BCUT2D eigenvalue weighted by Gasteiger charge is 2.04. The van der Waals surface area contributed by atoms with E-state index in [1.807, 2.05) is 18.2 Å². The Hall–Kier alpha value is -3.89. The first-order chi connectivity index (χ1) is 16.2. The molecule has 0 spiro atoms. The number of rotatable bonds is 7. The minimum Gasteiger partial charge on any atom is -0.289 e. The lowest BCUT2D eigenvalue weighted by atomic mass is 9.98. The van der Waals surface area contributed by atoms with E-state index in [1.165, 1.54) is 30.9 Å². The van der Waals surface area contributed by atoms with E-state index >= 15 is 0 Å². The van der Waals surface area contributed by atoms with Gasteiger partial charge >= 0.3 is 0 Å². The molecule has 0 heterocycles. The van der Waals surface area contributed by atoms with Crippen molar-refractivity contribution in [1.29, 1.82) is 0 Å². The summed E-state index contributed by atoms with van der Waals surface area (Å²) in [6, 6.07) is 29.0. The Balaban J connectivity index is 1.47. The lowest BCUT2D eigenvalue weighted by Gasteiger charge is -2.06. The van der Waals surface area contributed by atoms with Gasteiger partial charge in [-0.25, -0.2) is 0 Å². The van der Waals surface area contributed by atoms with Gasteiger partial charge in [-0.2, -0.15) is 0 Å². The third-order valence-corrected chi connectivity index (χ3v) is 5.90. The Morgan fingerprint density at radius 2 is 1.36 bits per heavy atom. The average molecular weight is 429 g/mol. The molecule has 0 N–H and O–H groups in total. The van der Waals surface area contributed by atoms with Crippen LogP contribution in [0.3, 0.4) is 0 Å². The summed E-state index contributed by atoms with van der Waals surface area (Å²) in [5, 5.41) is 2.15. The number of ketones is 1. The zero-order valence-electron chi connectivity index (χ0n) is 19.1. The number of allylic oxidation sites excluding steroid dienone is 1. The van der Waals surface area contributed by atoms with Crippen molar-refractivity contribution < 1.29 is 4.79 Å². The molecule has 33 heavy (non-hydrogen) atoms. The fraction of sp³-hybridized carbons (Fsp3) is 0.156. The lowest BCUT2D eigenvalue weighted by Crippen LogP contribution is -1.92. The highest BCUT2D eigenvalue weighted by molar-refractivity contribution is 6.06. The zero-order chi connectivity index (χ0) is 23.0. The van der Waals surface area contributed by atoms with Crippen LogP contribution in [0.4, 0.5) is 0 Å². The molecule has 4 aromatic carbocycles. The molecule has 0 unspecified atom stereocenters. The minimum atomic E-state index is -0.0550. The molecule has 0 aliphatic heterocycles. The third-order valence-electron chi connectivity index (χ3n) is 5.90. The molecule has 1 nitrogen and oxygen atoms in total. The molecule has 0 saturated carbocycles. The molecule has 162 valence electrons. The summed E-state index contributed by atoms with van der Waals surface area (Å²) in [5.41, 5.74) is 6.38. The molecule has 0 fully saturated rings. The summed E-state index contributed by atoms with van der Waals surface area (Å²) in [6.45, 7) is 5.80. The topological polar surface area (TPSA) is 17.1 Å². The van der Waals surface area contributed by atoms with Gasteiger partial charge in [0.05, 0.1) is 0 Å². The van der Waals surface area contributed by atoms with Crippen LogP contribution in [0.25, 0.3) is 21.9 Å². The van der Waals surface area contributed by atoms with Crippen molar-refractivity contribution in [2.45, 2.75) is 32.6 Å². The minimum absolute atomic E-state index is 0.0550. The summed E-state index contributed by atoms with van der Waals surface area (Å²) >= 11 is 0. The second kappa shape index (κ2) is 10.6. The average Bonchev–Trinajstić information content (AvgIpc) is 2.87. The second-order valence-electron chi connectivity index (χ2n) is 8.33. The van der Waals surface area contributed by atoms with Crippen LogP contribution in [-0.2, 0) is 6.42 Å². The lowest BCUT2D eigenvalue weighted by molar-refractivity contribution is 0.104. The van der Waals surface area contributed by atoms with E-state index in [2.05, 4.69) is 92.1 Å². The first-order valence-corrected chi connectivity index (χ1v) is 11.6. The molecule has 0 aliphatic rings. The molecule has 0 atom stereocenters. The van der Waals surface area contributed by atoms with Crippen molar-refractivity contribution in [2.75, 3.05) is 0 Å². The number of benzene rings is 4. The van der Waals surface area contributed by atoms with E-state index in [0.29, 0.717) is 5.56 Å². The van der Waals surface area contributed by atoms with Crippen LogP contribution in [0.15, 0.2) is 97.6 Å². The highest BCUT2D eigenvalue weighted by Crippen LogP contribution is 2.26. The Kier molecular flexibility index (Phi) is 7.18. The van der Waals surface area contributed by atoms with Gasteiger partial charge in [0.15, 0.2) is 5.78 Å². The first kappa shape index (κ1) is 22.3. The Morgan fingerprint density at radius 1 is 0.758 bits per heavy atom. The van der Waals surface area contributed by atoms with Gasteiger partial charge in [-0.3, -0.25) is 4.79 Å². The molecule has 4 rings (SSSR count). The number of aryl methyl sites for hydroxylation is 1. The van der Waals surface area contributed by atoms with Crippen molar-refractivity contribution in [3.63, 3.8) is 0 Å². The normalized spacial score (nSPS) is 10.5. The second-order valence-corrected chi connectivity index (χ2v) is 8.33. The maximum atomic E-state index is 11.9. The molecule has 0 aromatic heterocycles. The number of fused-ring (bicyclic) bond motifs is 1. The number of hydrogen-bond acceptors (Lipinski definition) is 1. The van der Waals surface area contributed by atoms with Gasteiger partial charge in [0, 0.05) is 16.7 Å². The molecule has 1 heteroatoms. The molecule has 0 radical (unpaired) electrons. The fourth-order valence-corrected chi connectivity index (χ4v) is 3.92. The monoisotopic (exact) mass is 428 g/mol. The van der Waals surface area contributed by atoms with Crippen LogP contribution >= 0.6 is 0 Å². The van der Waals surface area contributed by atoms with Crippen LogP contribution in [0.1, 0.15) is 53.2 Å². The van der Waals surface area contributed by atoms with Gasteiger partial charge in [0.2, 0.25) is 0 Å². The molecule has 0 saturated heterocycles. The summed E-state index contributed by atoms with van der Waals surface area (Å²) < 4.78 is 0. The van der Waals surface area contributed by atoms with E-state index in [9.17, 15) is 4.79 Å². The van der Waals surface area contributed by atoms with Crippen molar-refractivity contribution >= 4 is 16.6 Å². The standard InChI is InChI=1S/C32H28O/c1-3-5-6-7-24-8-10-25(11-9-24)12-13-26-14-16-27(17-15-26)28-18-19-30-23-31(32(33)4-2)21-20-29(30)22-28/h4,8-11,14-23H,2-3,5-7H2,1H3. The van der Waals surface area contributed by atoms with Crippen LogP contribution in [0, 0.1) is 11.8 Å². The van der Waals surface area contributed by atoms with E-state index < -0.39 is 0 Å². The summed E-state index contributed by atoms with van der Waals surface area (Å²) in [6.07, 6.45) is 6.29. The molecule has 4 aromatic rings. The van der Waals surface area contributed by atoms with Gasteiger partial charge in [0.25, 0.3) is 0 Å². The predicted molar refractivity (Wildman–Crippen MR) is 140 cm³/mol. The quantitative estimate of drug-likeness (QED) is 0.126. The van der Waals surface area contributed by atoms with Gasteiger partial charge in [-0.05, 0) is 82.8 Å². The van der Waals surface area contributed by atoms with E-state index in [-0.39, 0.29) is 5.78 Å². The van der Waals surface area contributed by atoms with Crippen LogP contribution in [0.2, 0.25) is 0 Å². The smallest absolute Gasteiger partial charge is 0.185 e. The number of unbranched alkanes of at least 4 members (excludes halogenated alkanes) is 2. The van der Waals surface area contributed by atoms with Gasteiger partial charge in [0.1, 0.15) is 0 Å². The molecule has 0 bridgehead atoms.